The van der Waals surface area contributed by atoms with Crippen molar-refractivity contribution in [3.05, 3.63) is 35.9 Å². The van der Waals surface area contributed by atoms with E-state index in [0.717, 1.165) is 0 Å². The molecule has 1 aliphatic rings. The monoisotopic (exact) mass is 304 g/mol. The minimum Gasteiger partial charge on any atom is -0.392 e. The lowest BCUT2D eigenvalue weighted by Gasteiger charge is -2.28. The van der Waals surface area contributed by atoms with Crippen molar-refractivity contribution in [2.24, 2.45) is 5.92 Å². The molecule has 2 unspecified atom stereocenters. The van der Waals surface area contributed by atoms with Gasteiger partial charge >= 0.3 is 0 Å². The van der Waals surface area contributed by atoms with Gasteiger partial charge in [-0.2, -0.15) is 0 Å². The zero-order valence-corrected chi connectivity index (χ0v) is 13.8. The van der Waals surface area contributed by atoms with Crippen molar-refractivity contribution in [3.63, 3.8) is 0 Å². The van der Waals surface area contributed by atoms with E-state index >= 15 is 0 Å². The van der Waals surface area contributed by atoms with Crippen LogP contribution in [0.3, 0.4) is 0 Å². The average molecular weight is 304 g/mol. The first-order valence-corrected chi connectivity index (χ1v) is 8.23. The van der Waals surface area contributed by atoms with Crippen molar-refractivity contribution in [1.29, 1.82) is 0 Å². The first-order chi connectivity index (χ1) is 10.5. The van der Waals surface area contributed by atoms with Gasteiger partial charge in [-0.15, -0.1) is 0 Å². The standard InChI is InChI=1S/C18H28N2O2/c1-13(2)20(11-14(3)21)12-17(22)19-18(16-9-10-16)15-7-5-4-6-8-15/h4-8,13-14,16,18,21H,9-12H2,1-3H3,(H,19,22). The van der Waals surface area contributed by atoms with Crippen LogP contribution in [-0.2, 0) is 4.79 Å². The van der Waals surface area contributed by atoms with E-state index in [2.05, 4.69) is 17.4 Å². The molecule has 2 atom stereocenters. The second kappa shape index (κ2) is 7.75. The highest BCUT2D eigenvalue weighted by molar-refractivity contribution is 5.78. The van der Waals surface area contributed by atoms with E-state index in [0.29, 0.717) is 19.0 Å². The lowest BCUT2D eigenvalue weighted by Crippen LogP contribution is -2.44. The molecule has 1 amide bonds. The first kappa shape index (κ1) is 17.0. The molecule has 1 fully saturated rings. The van der Waals surface area contributed by atoms with E-state index in [1.54, 1.807) is 6.92 Å². The lowest BCUT2D eigenvalue weighted by atomic mass is 10.0. The third-order valence-corrected chi connectivity index (χ3v) is 4.14. The van der Waals surface area contributed by atoms with Gasteiger partial charge in [0.05, 0.1) is 18.7 Å². The topological polar surface area (TPSA) is 52.6 Å². The summed E-state index contributed by atoms with van der Waals surface area (Å²) in [5.74, 6) is 0.603. The van der Waals surface area contributed by atoms with Crippen LogP contribution in [0, 0.1) is 5.92 Å². The summed E-state index contributed by atoms with van der Waals surface area (Å²) in [5.41, 5.74) is 1.19. The number of aliphatic hydroxyl groups excluding tert-OH is 1. The molecule has 0 aromatic heterocycles. The Balaban J connectivity index is 1.96. The largest absolute Gasteiger partial charge is 0.392 e. The highest BCUT2D eigenvalue weighted by atomic mass is 16.3. The summed E-state index contributed by atoms with van der Waals surface area (Å²) in [6, 6.07) is 10.6. The Morgan fingerprint density at radius 1 is 1.27 bits per heavy atom. The molecule has 1 aliphatic carbocycles. The normalized spacial score (nSPS) is 17.5. The van der Waals surface area contributed by atoms with Crippen LogP contribution in [0.15, 0.2) is 30.3 Å². The molecule has 1 aromatic carbocycles. The van der Waals surface area contributed by atoms with Gasteiger partial charge in [0, 0.05) is 12.6 Å². The van der Waals surface area contributed by atoms with E-state index in [1.807, 2.05) is 36.9 Å². The van der Waals surface area contributed by atoms with Crippen LogP contribution < -0.4 is 5.32 Å². The predicted molar refractivity (Wildman–Crippen MR) is 88.4 cm³/mol. The number of carbonyl (C=O) groups is 1. The minimum atomic E-state index is -0.427. The van der Waals surface area contributed by atoms with Crippen molar-refractivity contribution in [3.8, 4) is 0 Å². The third-order valence-electron chi connectivity index (χ3n) is 4.14. The smallest absolute Gasteiger partial charge is 0.234 e. The van der Waals surface area contributed by atoms with E-state index in [9.17, 15) is 9.90 Å². The van der Waals surface area contributed by atoms with Crippen LogP contribution in [0.1, 0.15) is 45.2 Å². The van der Waals surface area contributed by atoms with E-state index in [-0.39, 0.29) is 18.0 Å². The second-order valence-corrected chi connectivity index (χ2v) is 6.67. The summed E-state index contributed by atoms with van der Waals surface area (Å²) in [5, 5.41) is 12.8. The van der Waals surface area contributed by atoms with Crippen molar-refractivity contribution in [1.82, 2.24) is 10.2 Å². The predicted octanol–water partition coefficient (Wildman–Crippen LogP) is 2.35. The van der Waals surface area contributed by atoms with Gasteiger partial charge in [-0.1, -0.05) is 30.3 Å². The molecule has 2 N–H and O–H groups in total. The van der Waals surface area contributed by atoms with Crippen LogP contribution in [0.2, 0.25) is 0 Å². The number of benzene rings is 1. The Labute approximate surface area is 133 Å². The van der Waals surface area contributed by atoms with E-state index in [4.69, 9.17) is 0 Å². The second-order valence-electron chi connectivity index (χ2n) is 6.67. The fraction of sp³-hybridized carbons (Fsp3) is 0.611. The molecule has 0 bridgehead atoms. The molecular weight excluding hydrogens is 276 g/mol. The number of rotatable bonds is 8. The van der Waals surface area contributed by atoms with Gasteiger partial charge < -0.3 is 10.4 Å². The highest BCUT2D eigenvalue weighted by Crippen LogP contribution is 2.40. The number of carbonyl (C=O) groups excluding carboxylic acids is 1. The van der Waals surface area contributed by atoms with Crippen LogP contribution in [-0.4, -0.2) is 41.1 Å². The van der Waals surface area contributed by atoms with E-state index in [1.165, 1.54) is 18.4 Å². The Hall–Kier alpha value is -1.39. The number of nitrogens with zero attached hydrogens (tertiary/aromatic N) is 1. The van der Waals surface area contributed by atoms with Gasteiger partial charge in [0.1, 0.15) is 0 Å². The quantitative estimate of drug-likeness (QED) is 0.775. The number of aliphatic hydroxyl groups is 1. The molecule has 122 valence electrons. The fourth-order valence-corrected chi connectivity index (χ4v) is 2.76. The summed E-state index contributed by atoms with van der Waals surface area (Å²) in [7, 11) is 0. The molecule has 0 spiro atoms. The number of amides is 1. The number of hydrogen-bond donors (Lipinski definition) is 2. The summed E-state index contributed by atoms with van der Waals surface area (Å²) in [4.78, 5) is 14.4. The molecule has 0 saturated heterocycles. The van der Waals surface area contributed by atoms with Crippen LogP contribution >= 0.6 is 0 Å². The lowest BCUT2D eigenvalue weighted by molar-refractivity contribution is -0.123. The Morgan fingerprint density at radius 2 is 1.91 bits per heavy atom. The molecule has 1 saturated carbocycles. The summed E-state index contributed by atoms with van der Waals surface area (Å²) in [6.45, 7) is 6.70. The molecule has 4 nitrogen and oxygen atoms in total. The van der Waals surface area contributed by atoms with Crippen LogP contribution in [0.25, 0.3) is 0 Å². The maximum atomic E-state index is 12.4. The zero-order chi connectivity index (χ0) is 16.1. The van der Waals surface area contributed by atoms with Gasteiger partial charge in [-0.05, 0) is 45.1 Å². The molecule has 2 rings (SSSR count). The molecule has 0 aliphatic heterocycles. The zero-order valence-electron chi connectivity index (χ0n) is 13.8. The van der Waals surface area contributed by atoms with Crippen molar-refractivity contribution < 1.29 is 9.90 Å². The van der Waals surface area contributed by atoms with Crippen LogP contribution in [0.4, 0.5) is 0 Å². The molecule has 22 heavy (non-hydrogen) atoms. The molecule has 0 radical (unpaired) electrons. The molecule has 0 heterocycles. The van der Waals surface area contributed by atoms with E-state index < -0.39 is 6.10 Å². The van der Waals surface area contributed by atoms with Gasteiger partial charge in [0.15, 0.2) is 0 Å². The van der Waals surface area contributed by atoms with Gasteiger partial charge in [0.2, 0.25) is 5.91 Å². The van der Waals surface area contributed by atoms with Gasteiger partial charge in [-0.25, -0.2) is 0 Å². The maximum Gasteiger partial charge on any atom is 0.234 e. The minimum absolute atomic E-state index is 0.0371. The first-order valence-electron chi connectivity index (χ1n) is 8.23. The van der Waals surface area contributed by atoms with Crippen LogP contribution in [0.5, 0.6) is 0 Å². The average Bonchev–Trinajstić information content (AvgIpc) is 3.29. The van der Waals surface area contributed by atoms with Crippen molar-refractivity contribution in [2.45, 2.75) is 51.8 Å². The Bertz CT molecular complexity index is 469. The highest BCUT2D eigenvalue weighted by Gasteiger charge is 2.33. The molecule has 4 heteroatoms. The number of nitrogens with one attached hydrogen (secondary N) is 1. The maximum absolute atomic E-state index is 12.4. The van der Waals surface area contributed by atoms with Gasteiger partial charge in [0.25, 0.3) is 0 Å². The molecular formula is C18H28N2O2. The third kappa shape index (κ3) is 5.11. The Morgan fingerprint density at radius 3 is 2.41 bits per heavy atom. The molecule has 1 aromatic rings. The Kier molecular flexibility index (Phi) is 5.98. The summed E-state index contributed by atoms with van der Waals surface area (Å²) >= 11 is 0. The summed E-state index contributed by atoms with van der Waals surface area (Å²) in [6.07, 6.45) is 1.94. The fourth-order valence-electron chi connectivity index (χ4n) is 2.76. The van der Waals surface area contributed by atoms with Gasteiger partial charge in [-0.3, -0.25) is 9.69 Å². The number of hydrogen-bond acceptors (Lipinski definition) is 3. The van der Waals surface area contributed by atoms with Crippen molar-refractivity contribution in [2.75, 3.05) is 13.1 Å². The van der Waals surface area contributed by atoms with Crippen molar-refractivity contribution >= 4 is 5.91 Å². The summed E-state index contributed by atoms with van der Waals surface area (Å²) < 4.78 is 0. The SMILES string of the molecule is CC(O)CN(CC(=O)NC(c1ccccc1)C1CC1)C(C)C.